The predicted molar refractivity (Wildman–Crippen MR) is 92.5 cm³/mol. The first kappa shape index (κ1) is 15.0. The molecule has 0 bridgehead atoms. The first-order chi connectivity index (χ1) is 10.6. The lowest BCUT2D eigenvalue weighted by Gasteiger charge is -2.19. The highest BCUT2D eigenvalue weighted by molar-refractivity contribution is 9.10. The van der Waals surface area contributed by atoms with E-state index < -0.39 is 0 Å². The van der Waals surface area contributed by atoms with Crippen LogP contribution in [0, 0.1) is 6.92 Å². The maximum Gasteiger partial charge on any atom is 0.257 e. The number of benzene rings is 1. The second kappa shape index (κ2) is 6.48. The third-order valence-electron chi connectivity index (χ3n) is 3.90. The molecule has 0 saturated carbocycles. The van der Waals surface area contributed by atoms with Gasteiger partial charge in [-0.2, -0.15) is 0 Å². The maximum atomic E-state index is 12.3. The third kappa shape index (κ3) is 3.30. The second-order valence-corrected chi connectivity index (χ2v) is 6.46. The molecule has 1 amide bonds. The molecule has 0 radical (unpaired) electrons. The van der Waals surface area contributed by atoms with Gasteiger partial charge in [0, 0.05) is 41.3 Å². The minimum Gasteiger partial charge on any atom is -0.372 e. The second-order valence-electron chi connectivity index (χ2n) is 5.54. The van der Waals surface area contributed by atoms with Crippen LogP contribution in [0.4, 0.5) is 11.4 Å². The number of nitrogens with one attached hydrogen (secondary N) is 1. The number of aromatic nitrogens is 1. The summed E-state index contributed by atoms with van der Waals surface area (Å²) in [6.45, 7) is 4.26. The Balaban J connectivity index is 1.76. The SMILES string of the molecule is Cc1cc(N2CCCC2)ccc1NC(=O)c1cncc(Br)c1. The van der Waals surface area contributed by atoms with E-state index in [4.69, 9.17) is 0 Å². The Hall–Kier alpha value is -1.88. The molecule has 0 aliphatic carbocycles. The zero-order valence-electron chi connectivity index (χ0n) is 12.5. The van der Waals surface area contributed by atoms with Crippen LogP contribution in [0.3, 0.4) is 0 Å². The van der Waals surface area contributed by atoms with Gasteiger partial charge in [0.1, 0.15) is 0 Å². The van der Waals surface area contributed by atoms with E-state index in [9.17, 15) is 4.79 Å². The Bertz CT molecular complexity index is 696. The van der Waals surface area contributed by atoms with E-state index in [1.54, 1.807) is 18.5 Å². The molecule has 1 aromatic heterocycles. The van der Waals surface area contributed by atoms with Crippen molar-refractivity contribution in [3.05, 3.63) is 52.3 Å². The van der Waals surface area contributed by atoms with Gasteiger partial charge in [0.05, 0.1) is 5.56 Å². The molecular formula is C17H18BrN3O. The van der Waals surface area contributed by atoms with Gasteiger partial charge in [0.2, 0.25) is 0 Å². The number of hydrogen-bond acceptors (Lipinski definition) is 3. The van der Waals surface area contributed by atoms with Crippen LogP contribution in [0.25, 0.3) is 0 Å². The van der Waals surface area contributed by atoms with Crippen molar-refractivity contribution in [1.82, 2.24) is 4.98 Å². The molecule has 3 rings (SSSR count). The number of nitrogens with zero attached hydrogens (tertiary/aromatic N) is 2. The third-order valence-corrected chi connectivity index (χ3v) is 4.33. The molecule has 22 heavy (non-hydrogen) atoms. The standard InChI is InChI=1S/C17H18BrN3O/c1-12-8-15(21-6-2-3-7-21)4-5-16(12)20-17(22)13-9-14(18)11-19-10-13/h4-5,8-11H,2-3,6-7H2,1H3,(H,20,22). The van der Waals surface area contributed by atoms with E-state index in [2.05, 4.69) is 43.3 Å². The number of halogens is 1. The molecule has 0 atom stereocenters. The van der Waals surface area contributed by atoms with Gasteiger partial charge in [-0.05, 0) is 65.5 Å². The summed E-state index contributed by atoms with van der Waals surface area (Å²) < 4.78 is 0.793. The molecule has 1 aliphatic rings. The number of anilines is 2. The molecule has 1 aromatic carbocycles. The molecule has 5 heteroatoms. The number of amides is 1. The largest absolute Gasteiger partial charge is 0.372 e. The number of hydrogen-bond donors (Lipinski definition) is 1. The van der Waals surface area contributed by atoms with E-state index in [0.717, 1.165) is 28.8 Å². The zero-order chi connectivity index (χ0) is 15.5. The first-order valence-electron chi connectivity index (χ1n) is 7.41. The Labute approximate surface area is 138 Å². The summed E-state index contributed by atoms with van der Waals surface area (Å²) in [5, 5.41) is 2.95. The summed E-state index contributed by atoms with van der Waals surface area (Å²) >= 11 is 3.33. The average molecular weight is 360 g/mol. The lowest BCUT2D eigenvalue weighted by atomic mass is 10.1. The van der Waals surface area contributed by atoms with Gasteiger partial charge in [-0.25, -0.2) is 0 Å². The van der Waals surface area contributed by atoms with Gasteiger partial charge in [-0.3, -0.25) is 9.78 Å². The summed E-state index contributed by atoms with van der Waals surface area (Å²) in [7, 11) is 0. The maximum absolute atomic E-state index is 12.3. The van der Waals surface area contributed by atoms with E-state index >= 15 is 0 Å². The average Bonchev–Trinajstić information content (AvgIpc) is 3.03. The van der Waals surface area contributed by atoms with Crippen LogP contribution in [-0.4, -0.2) is 24.0 Å². The lowest BCUT2D eigenvalue weighted by molar-refractivity contribution is 0.102. The van der Waals surface area contributed by atoms with Crippen molar-refractivity contribution in [2.24, 2.45) is 0 Å². The molecule has 0 unspecified atom stereocenters. The number of rotatable bonds is 3. The number of carbonyl (C=O) groups excluding carboxylic acids is 1. The fourth-order valence-corrected chi connectivity index (χ4v) is 3.06. The van der Waals surface area contributed by atoms with Crippen molar-refractivity contribution < 1.29 is 4.79 Å². The summed E-state index contributed by atoms with van der Waals surface area (Å²) in [4.78, 5) is 18.7. The van der Waals surface area contributed by atoms with Crippen LogP contribution in [0.2, 0.25) is 0 Å². The molecule has 1 fully saturated rings. The van der Waals surface area contributed by atoms with Gasteiger partial charge >= 0.3 is 0 Å². The van der Waals surface area contributed by atoms with Crippen LogP contribution < -0.4 is 10.2 Å². The zero-order valence-corrected chi connectivity index (χ0v) is 14.1. The number of aryl methyl sites for hydroxylation is 1. The predicted octanol–water partition coefficient (Wildman–Crippen LogP) is 4.01. The molecule has 0 spiro atoms. The highest BCUT2D eigenvalue weighted by Gasteiger charge is 2.14. The first-order valence-corrected chi connectivity index (χ1v) is 8.20. The highest BCUT2D eigenvalue weighted by atomic mass is 79.9. The minimum absolute atomic E-state index is 0.147. The molecule has 1 saturated heterocycles. The highest BCUT2D eigenvalue weighted by Crippen LogP contribution is 2.26. The lowest BCUT2D eigenvalue weighted by Crippen LogP contribution is -2.18. The van der Waals surface area contributed by atoms with Crippen molar-refractivity contribution in [3.63, 3.8) is 0 Å². The molecule has 1 N–H and O–H groups in total. The van der Waals surface area contributed by atoms with Gasteiger partial charge in [-0.1, -0.05) is 0 Å². The van der Waals surface area contributed by atoms with Crippen molar-refractivity contribution in [1.29, 1.82) is 0 Å². The summed E-state index contributed by atoms with van der Waals surface area (Å²) in [5.74, 6) is -0.147. The van der Waals surface area contributed by atoms with Gasteiger partial charge < -0.3 is 10.2 Å². The molecule has 114 valence electrons. The van der Waals surface area contributed by atoms with Crippen LogP contribution in [-0.2, 0) is 0 Å². The molecule has 1 aliphatic heterocycles. The summed E-state index contributed by atoms with van der Waals surface area (Å²) in [5.41, 5.74) is 3.68. The fourth-order valence-electron chi connectivity index (χ4n) is 2.69. The van der Waals surface area contributed by atoms with Gasteiger partial charge in [0.15, 0.2) is 0 Å². The van der Waals surface area contributed by atoms with Crippen molar-refractivity contribution in [3.8, 4) is 0 Å². The summed E-state index contributed by atoms with van der Waals surface area (Å²) in [6, 6.07) is 7.95. The molecular weight excluding hydrogens is 342 g/mol. The van der Waals surface area contributed by atoms with Crippen molar-refractivity contribution >= 4 is 33.2 Å². The van der Waals surface area contributed by atoms with Gasteiger partial charge in [0.25, 0.3) is 5.91 Å². The van der Waals surface area contributed by atoms with E-state index in [0.29, 0.717) is 5.56 Å². The van der Waals surface area contributed by atoms with Crippen molar-refractivity contribution in [2.45, 2.75) is 19.8 Å². The van der Waals surface area contributed by atoms with E-state index in [-0.39, 0.29) is 5.91 Å². The number of pyridine rings is 1. The smallest absolute Gasteiger partial charge is 0.257 e. The van der Waals surface area contributed by atoms with E-state index in [1.807, 2.05) is 13.0 Å². The molecule has 2 aromatic rings. The van der Waals surface area contributed by atoms with Crippen LogP contribution in [0.15, 0.2) is 41.1 Å². The normalized spacial score (nSPS) is 14.2. The quantitative estimate of drug-likeness (QED) is 0.900. The van der Waals surface area contributed by atoms with Crippen LogP contribution in [0.5, 0.6) is 0 Å². The fraction of sp³-hybridized carbons (Fsp3) is 0.294. The van der Waals surface area contributed by atoms with Gasteiger partial charge in [-0.15, -0.1) is 0 Å². The Morgan fingerprint density at radius 2 is 2.00 bits per heavy atom. The monoisotopic (exact) mass is 359 g/mol. The Kier molecular flexibility index (Phi) is 4.43. The van der Waals surface area contributed by atoms with Crippen molar-refractivity contribution in [2.75, 3.05) is 23.3 Å². The van der Waals surface area contributed by atoms with E-state index in [1.165, 1.54) is 18.5 Å². The molecule has 4 nitrogen and oxygen atoms in total. The Morgan fingerprint density at radius 1 is 1.23 bits per heavy atom. The van der Waals surface area contributed by atoms with Crippen LogP contribution >= 0.6 is 15.9 Å². The number of carbonyl (C=O) groups is 1. The topological polar surface area (TPSA) is 45.2 Å². The molecule has 2 heterocycles. The van der Waals surface area contributed by atoms with Crippen LogP contribution in [0.1, 0.15) is 28.8 Å². The summed E-state index contributed by atoms with van der Waals surface area (Å²) in [6.07, 6.45) is 5.74. The Morgan fingerprint density at radius 3 is 2.68 bits per heavy atom. The minimum atomic E-state index is -0.147.